The highest BCUT2D eigenvalue weighted by Crippen LogP contribution is 2.31. The van der Waals surface area contributed by atoms with Crippen molar-refractivity contribution in [2.45, 2.75) is 18.9 Å². The van der Waals surface area contributed by atoms with Crippen molar-refractivity contribution in [1.82, 2.24) is 15.1 Å². The zero-order valence-electron chi connectivity index (χ0n) is 15.2. The van der Waals surface area contributed by atoms with Crippen LogP contribution in [-0.4, -0.2) is 54.0 Å². The van der Waals surface area contributed by atoms with Gasteiger partial charge in [-0.25, -0.2) is 4.79 Å². The number of aryl methyl sites for hydroxylation is 1. The molecular formula is C21H23N3O2. The minimum atomic E-state index is -0.237. The topological polar surface area (TPSA) is 52.7 Å². The molecule has 0 bridgehead atoms. The van der Waals surface area contributed by atoms with Crippen molar-refractivity contribution in [2.75, 3.05) is 26.7 Å². The maximum absolute atomic E-state index is 13.0. The highest BCUT2D eigenvalue weighted by atomic mass is 16.2. The van der Waals surface area contributed by atoms with E-state index in [1.54, 1.807) is 11.9 Å². The summed E-state index contributed by atoms with van der Waals surface area (Å²) in [6.45, 7) is 3.84. The third-order valence-electron chi connectivity index (χ3n) is 5.61. The van der Waals surface area contributed by atoms with Crippen molar-refractivity contribution < 1.29 is 9.59 Å². The Labute approximate surface area is 153 Å². The van der Waals surface area contributed by atoms with Crippen molar-refractivity contribution >= 4 is 11.9 Å². The number of benzene rings is 2. The van der Waals surface area contributed by atoms with Crippen LogP contribution in [0.1, 0.15) is 27.0 Å². The summed E-state index contributed by atoms with van der Waals surface area (Å²) < 4.78 is 0. The lowest BCUT2D eigenvalue weighted by molar-refractivity contribution is 0.00770. The molecule has 2 heterocycles. The zero-order valence-corrected chi connectivity index (χ0v) is 15.2. The number of nitrogens with zero attached hydrogens (tertiary/aromatic N) is 2. The molecule has 0 atom stereocenters. The lowest BCUT2D eigenvalue weighted by atomic mass is 9.88. The van der Waals surface area contributed by atoms with Gasteiger partial charge in [-0.15, -0.1) is 0 Å². The first kappa shape index (κ1) is 16.6. The van der Waals surface area contributed by atoms with Gasteiger partial charge in [0, 0.05) is 32.2 Å². The molecule has 2 aliphatic heterocycles. The van der Waals surface area contributed by atoms with Crippen LogP contribution in [0.5, 0.6) is 0 Å². The van der Waals surface area contributed by atoms with Crippen LogP contribution < -0.4 is 5.32 Å². The lowest BCUT2D eigenvalue weighted by Crippen LogP contribution is -2.70. The number of carbonyl (C=O) groups is 2. The van der Waals surface area contributed by atoms with Crippen LogP contribution in [0, 0.1) is 6.92 Å². The Hall–Kier alpha value is -2.82. The first-order valence-electron chi connectivity index (χ1n) is 8.93. The van der Waals surface area contributed by atoms with Crippen molar-refractivity contribution in [3.8, 4) is 0 Å². The van der Waals surface area contributed by atoms with Crippen LogP contribution in [0.15, 0.2) is 48.5 Å². The van der Waals surface area contributed by atoms with Gasteiger partial charge in [0.05, 0.1) is 5.54 Å². The number of nitrogens with one attached hydrogen (secondary N) is 1. The molecule has 0 aromatic heterocycles. The van der Waals surface area contributed by atoms with E-state index in [1.807, 2.05) is 29.2 Å². The average Bonchev–Trinajstić information content (AvgIpc) is 2.91. The molecule has 2 aromatic carbocycles. The number of likely N-dealkylation sites (N-methyl/N-ethyl adjacent to an activating group) is 1. The Morgan fingerprint density at radius 1 is 1.12 bits per heavy atom. The highest BCUT2D eigenvalue weighted by Gasteiger charge is 2.53. The summed E-state index contributed by atoms with van der Waals surface area (Å²) in [6.07, 6.45) is 0.737. The van der Waals surface area contributed by atoms with Gasteiger partial charge in [-0.05, 0) is 30.5 Å². The van der Waals surface area contributed by atoms with E-state index in [9.17, 15) is 9.59 Å². The zero-order chi connectivity index (χ0) is 18.3. The van der Waals surface area contributed by atoms with Crippen LogP contribution in [0.4, 0.5) is 4.79 Å². The minimum Gasteiger partial charge on any atom is -0.335 e. The van der Waals surface area contributed by atoms with E-state index in [-0.39, 0.29) is 17.5 Å². The SMILES string of the molecule is Cc1ccc(Cc2ccccc2C(=O)N2CC3(CNC(=O)N3C)C2)cc1. The molecule has 134 valence electrons. The van der Waals surface area contributed by atoms with Crippen LogP contribution in [0.3, 0.4) is 0 Å². The fraction of sp³-hybridized carbons (Fsp3) is 0.333. The molecular weight excluding hydrogens is 326 g/mol. The fourth-order valence-corrected chi connectivity index (χ4v) is 3.80. The van der Waals surface area contributed by atoms with E-state index in [0.29, 0.717) is 19.6 Å². The Morgan fingerprint density at radius 2 is 1.81 bits per heavy atom. The molecule has 0 unspecified atom stereocenters. The molecule has 0 saturated carbocycles. The minimum absolute atomic E-state index is 0.0473. The molecule has 2 saturated heterocycles. The molecule has 2 fully saturated rings. The Kier molecular flexibility index (Phi) is 3.94. The summed E-state index contributed by atoms with van der Waals surface area (Å²) in [5.41, 5.74) is 3.98. The van der Waals surface area contributed by atoms with E-state index in [1.165, 1.54) is 11.1 Å². The number of carbonyl (C=O) groups excluding carboxylic acids is 2. The predicted octanol–water partition coefficient (Wildman–Crippen LogP) is 2.44. The maximum Gasteiger partial charge on any atom is 0.317 e. The summed E-state index contributed by atoms with van der Waals surface area (Å²) in [7, 11) is 1.80. The number of rotatable bonds is 3. The normalized spacial score (nSPS) is 18.0. The van der Waals surface area contributed by atoms with Crippen molar-refractivity contribution in [3.63, 3.8) is 0 Å². The van der Waals surface area contributed by atoms with E-state index in [2.05, 4.69) is 36.5 Å². The first-order valence-corrected chi connectivity index (χ1v) is 8.93. The Balaban J connectivity index is 1.51. The molecule has 1 spiro atoms. The number of likely N-dealkylation sites (tertiary alicyclic amines) is 1. The smallest absolute Gasteiger partial charge is 0.317 e. The van der Waals surface area contributed by atoms with Crippen LogP contribution in [-0.2, 0) is 6.42 Å². The molecule has 26 heavy (non-hydrogen) atoms. The third kappa shape index (κ3) is 2.73. The van der Waals surface area contributed by atoms with Crippen molar-refractivity contribution in [2.24, 2.45) is 0 Å². The number of amides is 3. The van der Waals surface area contributed by atoms with E-state index < -0.39 is 0 Å². The average molecular weight is 349 g/mol. The lowest BCUT2D eigenvalue weighted by Gasteiger charge is -2.50. The second-order valence-electron chi connectivity index (χ2n) is 7.42. The van der Waals surface area contributed by atoms with Gasteiger partial charge in [0.15, 0.2) is 0 Å². The predicted molar refractivity (Wildman–Crippen MR) is 100 cm³/mol. The summed E-state index contributed by atoms with van der Waals surface area (Å²) in [5.74, 6) is 0.0473. The molecule has 0 aliphatic carbocycles. The number of urea groups is 1. The highest BCUT2D eigenvalue weighted by molar-refractivity contribution is 5.97. The fourth-order valence-electron chi connectivity index (χ4n) is 3.80. The molecule has 5 heteroatoms. The van der Waals surface area contributed by atoms with Crippen molar-refractivity contribution in [1.29, 1.82) is 0 Å². The molecule has 2 aromatic rings. The standard InChI is InChI=1S/C21H23N3O2/c1-15-7-9-16(10-8-15)11-17-5-3-4-6-18(17)19(25)24-13-21(14-24)12-22-20(26)23(21)2/h3-10H,11-14H2,1-2H3,(H,22,26). The molecule has 5 nitrogen and oxygen atoms in total. The van der Waals surface area contributed by atoms with Crippen molar-refractivity contribution in [3.05, 3.63) is 70.8 Å². The summed E-state index contributed by atoms with van der Waals surface area (Å²) in [6, 6.07) is 16.2. The second-order valence-corrected chi connectivity index (χ2v) is 7.42. The van der Waals surface area contributed by atoms with Gasteiger partial charge in [-0.1, -0.05) is 48.0 Å². The maximum atomic E-state index is 13.0. The molecule has 2 aliphatic rings. The number of hydrogen-bond donors (Lipinski definition) is 1. The van der Waals surface area contributed by atoms with Crippen LogP contribution in [0.25, 0.3) is 0 Å². The summed E-state index contributed by atoms with van der Waals surface area (Å²) >= 11 is 0. The second kappa shape index (κ2) is 6.16. The number of hydrogen-bond acceptors (Lipinski definition) is 2. The molecule has 4 rings (SSSR count). The van der Waals surface area contributed by atoms with Gasteiger partial charge < -0.3 is 15.1 Å². The molecule has 0 radical (unpaired) electrons. The Bertz CT molecular complexity index is 854. The Morgan fingerprint density at radius 3 is 2.46 bits per heavy atom. The van der Waals surface area contributed by atoms with E-state index in [0.717, 1.165) is 17.5 Å². The first-order chi connectivity index (χ1) is 12.5. The van der Waals surface area contributed by atoms with Gasteiger partial charge in [0.25, 0.3) is 5.91 Å². The molecule has 3 amide bonds. The quantitative estimate of drug-likeness (QED) is 0.925. The largest absolute Gasteiger partial charge is 0.335 e. The van der Waals surface area contributed by atoms with Gasteiger partial charge in [0.1, 0.15) is 0 Å². The van der Waals surface area contributed by atoms with E-state index in [4.69, 9.17) is 0 Å². The van der Waals surface area contributed by atoms with Gasteiger partial charge in [-0.3, -0.25) is 4.79 Å². The van der Waals surface area contributed by atoms with Crippen LogP contribution >= 0.6 is 0 Å². The summed E-state index contributed by atoms with van der Waals surface area (Å²) in [4.78, 5) is 28.3. The van der Waals surface area contributed by atoms with Gasteiger partial charge in [-0.2, -0.15) is 0 Å². The van der Waals surface area contributed by atoms with E-state index >= 15 is 0 Å². The third-order valence-corrected chi connectivity index (χ3v) is 5.61. The van der Waals surface area contributed by atoms with Crippen LogP contribution in [0.2, 0.25) is 0 Å². The van der Waals surface area contributed by atoms with Gasteiger partial charge >= 0.3 is 6.03 Å². The molecule has 1 N–H and O–H groups in total. The monoisotopic (exact) mass is 349 g/mol. The van der Waals surface area contributed by atoms with Gasteiger partial charge in [0.2, 0.25) is 0 Å². The summed E-state index contributed by atoms with van der Waals surface area (Å²) in [5, 5.41) is 2.86.